The molecule has 0 saturated heterocycles. The van der Waals surface area contributed by atoms with Crippen molar-refractivity contribution in [3.63, 3.8) is 0 Å². The molecule has 1 amide bonds. The van der Waals surface area contributed by atoms with Crippen LogP contribution in [0.25, 0.3) is 0 Å². The summed E-state index contributed by atoms with van der Waals surface area (Å²) in [7, 11) is -6.52. The lowest BCUT2D eigenvalue weighted by atomic mass is 9.95. The van der Waals surface area contributed by atoms with Crippen molar-refractivity contribution in [3.05, 3.63) is 114 Å². The summed E-state index contributed by atoms with van der Waals surface area (Å²) < 4.78 is 60.6. The number of benzene rings is 4. The number of sulfonamides is 1. The van der Waals surface area contributed by atoms with E-state index in [2.05, 4.69) is 5.32 Å². The van der Waals surface area contributed by atoms with Crippen LogP contribution >= 0.6 is 0 Å². The Hall–Kier alpha value is -3.99. The smallest absolute Gasteiger partial charge is 0.244 e. The van der Waals surface area contributed by atoms with Gasteiger partial charge < -0.3 is 10.1 Å². The topological polar surface area (TPSA) is 110 Å². The Morgan fingerprint density at radius 3 is 2.10 bits per heavy atom. The number of methoxy groups -OCH3 is 1. The predicted molar refractivity (Wildman–Crippen MR) is 151 cm³/mol. The molecule has 1 aliphatic heterocycles. The van der Waals surface area contributed by atoms with Gasteiger partial charge in [0.25, 0.3) is 0 Å². The fraction of sp³-hybridized carbons (Fsp3) is 0.167. The summed E-state index contributed by atoms with van der Waals surface area (Å²) in [6, 6.07) is 25.0. The summed E-state index contributed by atoms with van der Waals surface area (Å²) in [5.74, 6) is -0.359. The number of rotatable bonds is 7. The molecule has 0 saturated carbocycles. The summed E-state index contributed by atoms with van der Waals surface area (Å²) >= 11 is 0. The molecule has 4 aromatic rings. The average molecular weight is 577 g/mol. The van der Waals surface area contributed by atoms with Gasteiger partial charge in [-0.3, -0.25) is 4.79 Å². The van der Waals surface area contributed by atoms with Gasteiger partial charge in [-0.2, -0.15) is 4.31 Å². The van der Waals surface area contributed by atoms with Crippen LogP contribution in [0.3, 0.4) is 0 Å². The molecule has 1 unspecified atom stereocenters. The first-order valence-electron chi connectivity index (χ1n) is 12.6. The summed E-state index contributed by atoms with van der Waals surface area (Å²) in [5, 5.41) is 2.75. The molecule has 206 valence electrons. The number of carbonyl (C=O) groups is 1. The van der Waals surface area contributed by atoms with Crippen LogP contribution in [0.4, 0.5) is 5.69 Å². The summed E-state index contributed by atoms with van der Waals surface area (Å²) in [5.41, 5.74) is 2.71. The molecule has 1 aliphatic rings. The third kappa shape index (κ3) is 5.25. The van der Waals surface area contributed by atoms with Gasteiger partial charge in [0.2, 0.25) is 25.8 Å². The Morgan fingerprint density at radius 2 is 1.43 bits per heavy atom. The maximum absolute atomic E-state index is 13.8. The molecule has 0 aromatic heterocycles. The predicted octanol–water partition coefficient (Wildman–Crippen LogP) is 4.59. The molecule has 0 bridgehead atoms. The summed E-state index contributed by atoms with van der Waals surface area (Å²) in [6.45, 7) is 1.88. The molecule has 0 radical (unpaired) electrons. The Morgan fingerprint density at radius 1 is 0.800 bits per heavy atom. The lowest BCUT2D eigenvalue weighted by Gasteiger charge is -2.35. The van der Waals surface area contributed by atoms with Crippen LogP contribution in [-0.4, -0.2) is 40.2 Å². The van der Waals surface area contributed by atoms with Gasteiger partial charge in [0.05, 0.1) is 27.5 Å². The highest BCUT2D eigenvalue weighted by Crippen LogP contribution is 2.33. The molecule has 1 heterocycles. The van der Waals surface area contributed by atoms with Gasteiger partial charge in [0.15, 0.2) is 0 Å². The number of anilines is 1. The van der Waals surface area contributed by atoms with E-state index < -0.39 is 31.8 Å². The molecule has 1 atom stereocenters. The van der Waals surface area contributed by atoms with Gasteiger partial charge in [0.1, 0.15) is 11.8 Å². The monoisotopic (exact) mass is 576 g/mol. The van der Waals surface area contributed by atoms with E-state index in [1.165, 1.54) is 53.9 Å². The minimum Gasteiger partial charge on any atom is -0.495 e. The molecule has 40 heavy (non-hydrogen) atoms. The molecule has 4 aromatic carbocycles. The van der Waals surface area contributed by atoms with Gasteiger partial charge in [0, 0.05) is 6.54 Å². The number of ether oxygens (including phenoxy) is 1. The number of sulfone groups is 1. The van der Waals surface area contributed by atoms with Crippen LogP contribution in [0.2, 0.25) is 0 Å². The van der Waals surface area contributed by atoms with E-state index in [1.54, 1.807) is 30.3 Å². The highest BCUT2D eigenvalue weighted by Gasteiger charge is 2.40. The fourth-order valence-electron chi connectivity index (χ4n) is 4.72. The van der Waals surface area contributed by atoms with Crippen LogP contribution in [0, 0.1) is 6.92 Å². The number of hydrogen-bond donors (Lipinski definition) is 1. The molecule has 0 spiro atoms. The zero-order valence-electron chi connectivity index (χ0n) is 21.9. The SMILES string of the molecule is COc1ccc(S(=O)(=O)c2ccccc2)cc1NC(=O)C1Cc2ccccc2CN1S(=O)(=O)c1ccc(C)cc1. The van der Waals surface area contributed by atoms with Crippen molar-refractivity contribution in [2.24, 2.45) is 0 Å². The van der Waals surface area contributed by atoms with Crippen molar-refractivity contribution in [1.29, 1.82) is 0 Å². The van der Waals surface area contributed by atoms with Gasteiger partial charge in [-0.15, -0.1) is 0 Å². The van der Waals surface area contributed by atoms with Gasteiger partial charge in [-0.25, -0.2) is 16.8 Å². The Labute approximate surface area is 234 Å². The fourth-order valence-corrected chi connectivity index (χ4v) is 7.60. The van der Waals surface area contributed by atoms with E-state index in [0.29, 0.717) is 0 Å². The van der Waals surface area contributed by atoms with Crippen molar-refractivity contribution in [2.75, 3.05) is 12.4 Å². The van der Waals surface area contributed by atoms with Crippen molar-refractivity contribution in [2.45, 2.75) is 40.6 Å². The highest BCUT2D eigenvalue weighted by atomic mass is 32.2. The second-order valence-electron chi connectivity index (χ2n) is 9.52. The van der Waals surface area contributed by atoms with Gasteiger partial charge in [-0.1, -0.05) is 60.2 Å². The van der Waals surface area contributed by atoms with E-state index in [4.69, 9.17) is 4.74 Å². The standard InChI is InChI=1S/C30H28N2O6S2/c1-21-12-14-25(15-13-21)40(36,37)32-20-23-9-7-6-8-22(23)18-28(32)30(33)31-27-19-26(16-17-29(27)38-2)39(34,35)24-10-4-3-5-11-24/h3-17,19,28H,18,20H2,1-2H3,(H,31,33). The first-order valence-corrected chi connectivity index (χ1v) is 15.5. The Balaban J connectivity index is 1.52. The van der Waals surface area contributed by atoms with E-state index >= 15 is 0 Å². The molecular formula is C30H28N2O6S2. The number of nitrogens with one attached hydrogen (secondary N) is 1. The van der Waals surface area contributed by atoms with E-state index in [0.717, 1.165) is 16.7 Å². The summed E-state index contributed by atoms with van der Waals surface area (Å²) in [6.07, 6.45) is 0.150. The van der Waals surface area contributed by atoms with Crippen molar-refractivity contribution in [3.8, 4) is 5.75 Å². The zero-order valence-corrected chi connectivity index (χ0v) is 23.6. The third-order valence-electron chi connectivity index (χ3n) is 6.93. The minimum atomic E-state index is -4.05. The zero-order chi connectivity index (χ0) is 28.5. The van der Waals surface area contributed by atoms with E-state index in [1.807, 2.05) is 31.2 Å². The maximum atomic E-state index is 13.8. The number of amides is 1. The van der Waals surface area contributed by atoms with Crippen molar-refractivity contribution in [1.82, 2.24) is 4.31 Å². The lowest BCUT2D eigenvalue weighted by Crippen LogP contribution is -2.50. The van der Waals surface area contributed by atoms with Crippen LogP contribution < -0.4 is 10.1 Å². The second-order valence-corrected chi connectivity index (χ2v) is 13.4. The second kappa shape index (κ2) is 10.9. The van der Waals surface area contributed by atoms with E-state index in [9.17, 15) is 21.6 Å². The molecular weight excluding hydrogens is 548 g/mol. The van der Waals surface area contributed by atoms with E-state index in [-0.39, 0.29) is 39.1 Å². The Bertz CT molecular complexity index is 1770. The number of carbonyl (C=O) groups excluding carboxylic acids is 1. The van der Waals surface area contributed by atoms with Gasteiger partial charge >= 0.3 is 0 Å². The van der Waals surface area contributed by atoms with Crippen LogP contribution in [-0.2, 0) is 37.6 Å². The van der Waals surface area contributed by atoms with Crippen molar-refractivity contribution < 1.29 is 26.4 Å². The third-order valence-corrected chi connectivity index (χ3v) is 10.6. The Kier molecular flexibility index (Phi) is 7.50. The first kappa shape index (κ1) is 27.6. The minimum absolute atomic E-state index is 0.0179. The normalized spacial score (nSPS) is 15.7. The van der Waals surface area contributed by atoms with Crippen LogP contribution in [0.1, 0.15) is 16.7 Å². The number of nitrogens with zero attached hydrogens (tertiary/aromatic N) is 1. The summed E-state index contributed by atoms with van der Waals surface area (Å²) in [4.78, 5) is 14.0. The largest absolute Gasteiger partial charge is 0.495 e. The van der Waals surface area contributed by atoms with Gasteiger partial charge in [-0.05, 0) is 66.9 Å². The number of fused-ring (bicyclic) bond motifs is 1. The molecule has 1 N–H and O–H groups in total. The molecule has 10 heteroatoms. The lowest BCUT2D eigenvalue weighted by molar-refractivity contribution is -0.120. The number of aryl methyl sites for hydroxylation is 1. The quantitative estimate of drug-likeness (QED) is 0.345. The van der Waals surface area contributed by atoms with Crippen LogP contribution in [0.15, 0.2) is 112 Å². The highest BCUT2D eigenvalue weighted by molar-refractivity contribution is 7.91. The molecule has 8 nitrogen and oxygen atoms in total. The maximum Gasteiger partial charge on any atom is 0.244 e. The van der Waals surface area contributed by atoms with Crippen molar-refractivity contribution >= 4 is 31.5 Å². The molecule has 0 fully saturated rings. The number of hydrogen-bond acceptors (Lipinski definition) is 6. The molecule has 0 aliphatic carbocycles. The molecule has 5 rings (SSSR count). The average Bonchev–Trinajstić information content (AvgIpc) is 2.97. The first-order chi connectivity index (χ1) is 19.1. The van der Waals surface area contributed by atoms with Crippen LogP contribution in [0.5, 0.6) is 5.75 Å².